The molecule has 3 aromatic rings. The van der Waals surface area contributed by atoms with Gasteiger partial charge in [-0.3, -0.25) is 9.59 Å². The number of fused-ring (bicyclic) bond motifs is 1. The van der Waals surface area contributed by atoms with Crippen LogP contribution in [0.3, 0.4) is 0 Å². The summed E-state index contributed by atoms with van der Waals surface area (Å²) in [6.07, 6.45) is 3.14. The van der Waals surface area contributed by atoms with E-state index >= 15 is 0 Å². The van der Waals surface area contributed by atoms with E-state index < -0.39 is 0 Å². The van der Waals surface area contributed by atoms with E-state index in [0.29, 0.717) is 27.3 Å². The predicted octanol–water partition coefficient (Wildman–Crippen LogP) is 4.81. The fourth-order valence-electron chi connectivity index (χ4n) is 3.57. The molecule has 6 heteroatoms. The maximum Gasteiger partial charge on any atom is 0.260 e. The number of hydrogen-bond donors (Lipinski definition) is 0. The summed E-state index contributed by atoms with van der Waals surface area (Å²) < 4.78 is 11.8. The zero-order valence-corrected chi connectivity index (χ0v) is 17.0. The molecule has 4 rings (SSSR count). The molecule has 0 spiro atoms. The highest BCUT2D eigenvalue weighted by atomic mass is 35.5. The lowest BCUT2D eigenvalue weighted by Crippen LogP contribution is -2.39. The molecule has 0 unspecified atom stereocenters. The number of carbonyl (C=O) groups is 1. The Hall–Kier alpha value is -2.79. The van der Waals surface area contributed by atoms with Crippen molar-refractivity contribution in [2.75, 3.05) is 19.7 Å². The normalized spacial score (nSPS) is 14.2. The first-order chi connectivity index (χ1) is 14.0. The SMILES string of the molecule is Cc1ccc2c(=O)c(OCC(=O)N3CCCCC3)c(-c3ccc(Cl)cc3)oc2c1. The molecule has 1 saturated heterocycles. The van der Waals surface area contributed by atoms with Gasteiger partial charge in [-0.2, -0.15) is 0 Å². The van der Waals surface area contributed by atoms with Crippen LogP contribution >= 0.6 is 11.6 Å². The third-order valence-corrected chi connectivity index (χ3v) is 5.41. The Morgan fingerprint density at radius 3 is 2.55 bits per heavy atom. The minimum absolute atomic E-state index is 0.0500. The maximum atomic E-state index is 13.2. The summed E-state index contributed by atoms with van der Waals surface area (Å²) in [7, 11) is 0. The molecule has 150 valence electrons. The zero-order valence-electron chi connectivity index (χ0n) is 16.2. The van der Waals surface area contributed by atoms with Gasteiger partial charge in [0.2, 0.25) is 11.2 Å². The molecule has 1 aliphatic rings. The molecule has 1 fully saturated rings. The molecular weight excluding hydrogens is 390 g/mol. The summed E-state index contributed by atoms with van der Waals surface area (Å²) in [4.78, 5) is 27.5. The van der Waals surface area contributed by atoms with Crippen LogP contribution < -0.4 is 10.2 Å². The van der Waals surface area contributed by atoms with E-state index in [4.69, 9.17) is 20.8 Å². The van der Waals surface area contributed by atoms with Crippen molar-refractivity contribution in [2.45, 2.75) is 26.2 Å². The fourth-order valence-corrected chi connectivity index (χ4v) is 3.70. The van der Waals surface area contributed by atoms with Crippen molar-refractivity contribution >= 4 is 28.5 Å². The molecule has 0 N–H and O–H groups in total. The van der Waals surface area contributed by atoms with Crippen LogP contribution in [0.25, 0.3) is 22.3 Å². The van der Waals surface area contributed by atoms with E-state index in [9.17, 15) is 9.59 Å². The van der Waals surface area contributed by atoms with Crippen LogP contribution in [-0.2, 0) is 4.79 Å². The van der Waals surface area contributed by atoms with Crippen LogP contribution in [-0.4, -0.2) is 30.5 Å². The minimum Gasteiger partial charge on any atom is -0.476 e. The van der Waals surface area contributed by atoms with Crippen LogP contribution in [0.4, 0.5) is 0 Å². The zero-order chi connectivity index (χ0) is 20.4. The van der Waals surface area contributed by atoms with Gasteiger partial charge in [-0.25, -0.2) is 0 Å². The molecule has 1 amide bonds. The van der Waals surface area contributed by atoms with Gasteiger partial charge in [0.05, 0.1) is 5.39 Å². The topological polar surface area (TPSA) is 59.8 Å². The van der Waals surface area contributed by atoms with Gasteiger partial charge in [0.15, 0.2) is 12.4 Å². The number of ether oxygens (including phenoxy) is 1. The average molecular weight is 412 g/mol. The first-order valence-electron chi connectivity index (χ1n) is 9.77. The highest BCUT2D eigenvalue weighted by molar-refractivity contribution is 6.30. The van der Waals surface area contributed by atoms with Gasteiger partial charge in [0.1, 0.15) is 5.58 Å². The second kappa shape index (κ2) is 8.29. The molecule has 0 bridgehead atoms. The standard InChI is InChI=1S/C23H22ClNO4/c1-15-5-10-18-19(13-15)29-22(16-6-8-17(24)9-7-16)23(21(18)27)28-14-20(26)25-11-3-2-4-12-25/h5-10,13H,2-4,11-12,14H2,1H3. The molecule has 0 radical (unpaired) electrons. The van der Waals surface area contributed by atoms with E-state index in [0.717, 1.165) is 37.9 Å². The highest BCUT2D eigenvalue weighted by Crippen LogP contribution is 2.32. The summed E-state index contributed by atoms with van der Waals surface area (Å²) >= 11 is 6.00. The van der Waals surface area contributed by atoms with E-state index in [1.165, 1.54) is 0 Å². The lowest BCUT2D eigenvalue weighted by Gasteiger charge is -2.26. The van der Waals surface area contributed by atoms with Crippen molar-refractivity contribution in [3.63, 3.8) is 0 Å². The number of rotatable bonds is 4. The maximum absolute atomic E-state index is 13.2. The molecular formula is C23H22ClNO4. The number of benzene rings is 2. The quantitative estimate of drug-likeness (QED) is 0.618. The lowest BCUT2D eigenvalue weighted by molar-refractivity contribution is -0.134. The number of piperidine rings is 1. The molecule has 1 aromatic heterocycles. The Morgan fingerprint density at radius 1 is 1.10 bits per heavy atom. The monoisotopic (exact) mass is 411 g/mol. The molecule has 2 heterocycles. The van der Waals surface area contributed by atoms with Crippen LogP contribution in [0.2, 0.25) is 5.02 Å². The lowest BCUT2D eigenvalue weighted by atomic mass is 10.1. The van der Waals surface area contributed by atoms with Crippen LogP contribution in [0.15, 0.2) is 51.7 Å². The summed E-state index contributed by atoms with van der Waals surface area (Å²) in [6, 6.07) is 12.4. The largest absolute Gasteiger partial charge is 0.476 e. The summed E-state index contributed by atoms with van der Waals surface area (Å²) in [5.41, 5.74) is 1.84. The second-order valence-corrected chi connectivity index (χ2v) is 7.76. The van der Waals surface area contributed by atoms with Gasteiger partial charge in [-0.1, -0.05) is 17.7 Å². The number of likely N-dealkylation sites (tertiary alicyclic amines) is 1. The Labute approximate surface area is 173 Å². The van der Waals surface area contributed by atoms with Crippen LogP contribution in [0, 0.1) is 6.92 Å². The van der Waals surface area contributed by atoms with E-state index in [1.54, 1.807) is 35.2 Å². The number of halogens is 1. The Balaban J connectivity index is 1.74. The van der Waals surface area contributed by atoms with Crippen molar-refractivity contribution in [3.8, 4) is 17.1 Å². The van der Waals surface area contributed by atoms with E-state index in [2.05, 4.69) is 0 Å². The molecule has 5 nitrogen and oxygen atoms in total. The Morgan fingerprint density at radius 2 is 1.83 bits per heavy atom. The number of hydrogen-bond acceptors (Lipinski definition) is 4. The first kappa shape index (κ1) is 19.5. The molecule has 2 aromatic carbocycles. The van der Waals surface area contributed by atoms with Gasteiger partial charge in [0.25, 0.3) is 5.91 Å². The molecule has 0 atom stereocenters. The third kappa shape index (κ3) is 4.15. The number of aryl methyl sites for hydroxylation is 1. The van der Waals surface area contributed by atoms with E-state index in [1.807, 2.05) is 19.1 Å². The van der Waals surface area contributed by atoms with Crippen molar-refractivity contribution < 1.29 is 13.9 Å². The number of carbonyl (C=O) groups excluding carboxylic acids is 1. The smallest absolute Gasteiger partial charge is 0.260 e. The molecule has 0 saturated carbocycles. The average Bonchev–Trinajstić information content (AvgIpc) is 2.73. The fraction of sp³-hybridized carbons (Fsp3) is 0.304. The van der Waals surface area contributed by atoms with Gasteiger partial charge in [-0.05, 0) is 68.1 Å². The Kier molecular flexibility index (Phi) is 5.58. The van der Waals surface area contributed by atoms with E-state index in [-0.39, 0.29) is 23.7 Å². The van der Waals surface area contributed by atoms with Gasteiger partial charge in [-0.15, -0.1) is 0 Å². The summed E-state index contributed by atoms with van der Waals surface area (Å²) in [5, 5.41) is 1.00. The van der Waals surface area contributed by atoms with Gasteiger partial charge < -0.3 is 14.1 Å². The Bertz CT molecular complexity index is 1100. The molecule has 29 heavy (non-hydrogen) atoms. The van der Waals surface area contributed by atoms with Gasteiger partial charge >= 0.3 is 0 Å². The van der Waals surface area contributed by atoms with Crippen molar-refractivity contribution in [1.29, 1.82) is 0 Å². The van der Waals surface area contributed by atoms with Gasteiger partial charge in [0, 0.05) is 23.7 Å². The molecule has 1 aliphatic heterocycles. The van der Waals surface area contributed by atoms with Crippen molar-refractivity contribution in [3.05, 3.63) is 63.3 Å². The second-order valence-electron chi connectivity index (χ2n) is 7.33. The highest BCUT2D eigenvalue weighted by Gasteiger charge is 2.21. The van der Waals surface area contributed by atoms with Crippen LogP contribution in [0.1, 0.15) is 24.8 Å². The number of amides is 1. The predicted molar refractivity (Wildman–Crippen MR) is 114 cm³/mol. The van der Waals surface area contributed by atoms with Crippen molar-refractivity contribution in [1.82, 2.24) is 4.90 Å². The third-order valence-electron chi connectivity index (χ3n) is 5.16. The summed E-state index contributed by atoms with van der Waals surface area (Å²) in [6.45, 7) is 3.21. The first-order valence-corrected chi connectivity index (χ1v) is 10.1. The minimum atomic E-state index is -0.289. The molecule has 0 aliphatic carbocycles. The number of nitrogens with zero attached hydrogens (tertiary/aromatic N) is 1. The van der Waals surface area contributed by atoms with Crippen LogP contribution in [0.5, 0.6) is 5.75 Å². The summed E-state index contributed by atoms with van der Waals surface area (Å²) in [5.74, 6) is 0.236. The van der Waals surface area contributed by atoms with Crippen molar-refractivity contribution in [2.24, 2.45) is 0 Å².